The molecule has 18 heavy (non-hydrogen) atoms. The normalized spacial score (nSPS) is 41.7. The summed E-state index contributed by atoms with van der Waals surface area (Å²) in [6.45, 7) is 1.05. The molecule has 0 spiro atoms. The van der Waals surface area contributed by atoms with E-state index in [2.05, 4.69) is 0 Å². The second-order valence-electron chi connectivity index (χ2n) is 4.34. The smallest absolute Gasteiger partial charge is 0.224 e. The van der Waals surface area contributed by atoms with Crippen LogP contribution in [-0.4, -0.2) is 23.2 Å². The van der Waals surface area contributed by atoms with Crippen molar-refractivity contribution in [2.24, 2.45) is 0 Å². The summed E-state index contributed by atoms with van der Waals surface area (Å²) in [5.74, 6) is -17.1. The molecule has 8 heteroatoms. The molecular formula is C10H6F8. The predicted octanol–water partition coefficient (Wildman–Crippen LogP) is 4.19. The number of fused-ring (bicyclic) bond motifs is 1. The number of halogens is 8. The highest BCUT2D eigenvalue weighted by Crippen LogP contribution is 2.69. The van der Waals surface area contributed by atoms with Gasteiger partial charge in [-0.05, 0) is 25.0 Å². The third-order valence-electron chi connectivity index (χ3n) is 3.65. The molecule has 0 fully saturated rings. The number of allylic oxidation sites excluding steroid dienone is 4. The first-order chi connectivity index (χ1) is 7.88. The van der Waals surface area contributed by atoms with E-state index in [0.717, 1.165) is 0 Å². The summed E-state index contributed by atoms with van der Waals surface area (Å²) < 4.78 is 108. The van der Waals surface area contributed by atoms with Gasteiger partial charge in [0.1, 0.15) is 0 Å². The van der Waals surface area contributed by atoms with Crippen LogP contribution in [-0.2, 0) is 0 Å². The van der Waals surface area contributed by atoms with Crippen molar-refractivity contribution in [1.29, 1.82) is 0 Å². The van der Waals surface area contributed by atoms with Crippen LogP contribution in [0, 0.1) is 0 Å². The Morgan fingerprint density at radius 3 is 1.06 bits per heavy atom. The van der Waals surface area contributed by atoms with E-state index >= 15 is 0 Å². The average Bonchev–Trinajstić information content (AvgIpc) is 2.29. The van der Waals surface area contributed by atoms with Gasteiger partial charge in [-0.15, -0.1) is 0 Å². The summed E-state index contributed by atoms with van der Waals surface area (Å²) in [4.78, 5) is 0. The lowest BCUT2D eigenvalue weighted by Gasteiger charge is -2.52. The third kappa shape index (κ3) is 0.862. The van der Waals surface area contributed by atoms with E-state index in [4.69, 9.17) is 0 Å². The van der Waals surface area contributed by atoms with Gasteiger partial charge in [-0.3, -0.25) is 0 Å². The van der Waals surface area contributed by atoms with Crippen LogP contribution in [0.25, 0.3) is 0 Å². The Morgan fingerprint density at radius 1 is 0.611 bits per heavy atom. The first-order valence-corrected chi connectivity index (χ1v) is 4.76. The molecule has 3 aliphatic rings. The quantitative estimate of drug-likeness (QED) is 0.460. The van der Waals surface area contributed by atoms with Gasteiger partial charge >= 0.3 is 11.8 Å². The molecule has 0 radical (unpaired) electrons. The van der Waals surface area contributed by atoms with Gasteiger partial charge in [0.15, 0.2) is 11.7 Å². The molecule has 0 saturated carbocycles. The van der Waals surface area contributed by atoms with Gasteiger partial charge in [0.2, 0.25) is 0 Å². The Balaban J connectivity index is 2.99. The van der Waals surface area contributed by atoms with Crippen LogP contribution in [0.5, 0.6) is 0 Å². The van der Waals surface area contributed by atoms with Crippen molar-refractivity contribution in [3.63, 3.8) is 0 Å². The average molecular weight is 278 g/mol. The molecule has 0 N–H and O–H groups in total. The fourth-order valence-corrected chi connectivity index (χ4v) is 2.33. The topological polar surface area (TPSA) is 0 Å². The molecule has 0 amide bonds. The molecule has 0 aliphatic heterocycles. The van der Waals surface area contributed by atoms with E-state index in [1.54, 1.807) is 0 Å². The Labute approximate surface area is 96.0 Å². The highest BCUT2D eigenvalue weighted by Gasteiger charge is 2.88. The maximum Gasteiger partial charge on any atom is 0.357 e. The number of rotatable bonds is 0. The molecule has 0 aromatic carbocycles. The molecule has 0 aromatic rings. The minimum absolute atomic E-state index is 0.527. The third-order valence-corrected chi connectivity index (χ3v) is 3.65. The predicted molar refractivity (Wildman–Crippen MR) is 45.2 cm³/mol. The molecule has 0 nitrogen and oxygen atoms in total. The van der Waals surface area contributed by atoms with Crippen molar-refractivity contribution in [2.75, 3.05) is 0 Å². The summed E-state index contributed by atoms with van der Waals surface area (Å²) in [5.41, 5.74) is -11.9. The molecule has 0 saturated heterocycles. The Kier molecular flexibility index (Phi) is 2.16. The minimum Gasteiger partial charge on any atom is -0.224 e. The van der Waals surface area contributed by atoms with Crippen molar-refractivity contribution in [3.05, 3.63) is 22.8 Å². The van der Waals surface area contributed by atoms with Gasteiger partial charge in [0, 0.05) is 0 Å². The number of alkyl halides is 6. The molecule has 2 atom stereocenters. The van der Waals surface area contributed by atoms with Gasteiger partial charge < -0.3 is 0 Å². The lowest BCUT2D eigenvalue weighted by atomic mass is 9.63. The van der Waals surface area contributed by atoms with Crippen LogP contribution in [0.1, 0.15) is 13.8 Å². The van der Waals surface area contributed by atoms with Gasteiger partial charge in [-0.2, -0.15) is 17.6 Å². The van der Waals surface area contributed by atoms with Crippen molar-refractivity contribution in [3.8, 4) is 0 Å². The molecule has 2 bridgehead atoms. The van der Waals surface area contributed by atoms with Crippen molar-refractivity contribution in [2.45, 2.75) is 37.0 Å². The monoisotopic (exact) mass is 278 g/mol. The van der Waals surface area contributed by atoms with E-state index in [1.165, 1.54) is 0 Å². The van der Waals surface area contributed by atoms with Gasteiger partial charge in [-0.1, -0.05) is 0 Å². The first-order valence-electron chi connectivity index (χ1n) is 4.76. The highest BCUT2D eigenvalue weighted by atomic mass is 19.3. The molecule has 0 heterocycles. The van der Waals surface area contributed by atoms with E-state index in [-0.39, 0.29) is 0 Å². The molecular weight excluding hydrogens is 272 g/mol. The van der Waals surface area contributed by atoms with E-state index in [1.807, 2.05) is 0 Å². The summed E-state index contributed by atoms with van der Waals surface area (Å²) in [6, 6.07) is 0. The molecule has 102 valence electrons. The van der Waals surface area contributed by atoms with Gasteiger partial charge in [0.05, 0.1) is 0 Å². The summed E-state index contributed by atoms with van der Waals surface area (Å²) in [7, 11) is 0. The fourth-order valence-electron chi connectivity index (χ4n) is 2.33. The van der Waals surface area contributed by atoms with Crippen LogP contribution < -0.4 is 0 Å². The molecule has 0 aromatic heterocycles. The highest BCUT2D eigenvalue weighted by molar-refractivity contribution is 5.57. The Hall–Kier alpha value is -1.08. The molecule has 3 rings (SSSR count). The van der Waals surface area contributed by atoms with Gasteiger partial charge in [-0.25, -0.2) is 17.6 Å². The fraction of sp³-hybridized carbons (Fsp3) is 0.600. The standard InChI is InChI=1S/C10H6F8/c1-3-4(2)8(14)6(12)5(11)7(3,13)9(15,16)10(8,17)18/h1-2H3. The van der Waals surface area contributed by atoms with E-state index in [9.17, 15) is 35.1 Å². The number of hydrogen-bond acceptors (Lipinski definition) is 0. The van der Waals surface area contributed by atoms with Crippen LogP contribution in [0.3, 0.4) is 0 Å². The maximum absolute atomic E-state index is 13.9. The molecule has 2 unspecified atom stereocenters. The first kappa shape index (κ1) is 13.4. The largest absolute Gasteiger partial charge is 0.357 e. The van der Waals surface area contributed by atoms with Crippen molar-refractivity contribution >= 4 is 0 Å². The zero-order chi connectivity index (χ0) is 14.3. The second-order valence-corrected chi connectivity index (χ2v) is 4.34. The van der Waals surface area contributed by atoms with Gasteiger partial charge in [0.25, 0.3) is 11.3 Å². The minimum atomic E-state index is -5.71. The van der Waals surface area contributed by atoms with Crippen LogP contribution in [0.4, 0.5) is 35.1 Å². The summed E-state index contributed by atoms with van der Waals surface area (Å²) in [5, 5.41) is 0. The van der Waals surface area contributed by atoms with Crippen LogP contribution >= 0.6 is 0 Å². The van der Waals surface area contributed by atoms with Crippen LogP contribution in [0.15, 0.2) is 22.8 Å². The number of hydrogen-bond donors (Lipinski definition) is 0. The van der Waals surface area contributed by atoms with Crippen molar-refractivity contribution < 1.29 is 35.1 Å². The SMILES string of the molecule is CC1=C(C)C2(F)C(F)=C(F)C1(F)C(F)(F)C2(F)F. The van der Waals surface area contributed by atoms with E-state index < -0.39 is 46.0 Å². The Bertz CT molecular complexity index is 428. The van der Waals surface area contributed by atoms with Crippen LogP contribution in [0.2, 0.25) is 0 Å². The van der Waals surface area contributed by atoms with Crippen molar-refractivity contribution in [1.82, 2.24) is 0 Å². The summed E-state index contributed by atoms with van der Waals surface area (Å²) in [6.07, 6.45) is 0. The zero-order valence-corrected chi connectivity index (χ0v) is 9.02. The zero-order valence-electron chi connectivity index (χ0n) is 9.02. The summed E-state index contributed by atoms with van der Waals surface area (Å²) >= 11 is 0. The Morgan fingerprint density at radius 2 is 0.833 bits per heavy atom. The lowest BCUT2D eigenvalue weighted by Crippen LogP contribution is -2.73. The molecule has 3 aliphatic carbocycles. The maximum atomic E-state index is 13.9. The van der Waals surface area contributed by atoms with E-state index in [0.29, 0.717) is 13.8 Å². The second kappa shape index (κ2) is 2.91. The lowest BCUT2D eigenvalue weighted by molar-refractivity contribution is -0.313.